The molecule has 1 atom stereocenters. The van der Waals surface area contributed by atoms with Crippen molar-refractivity contribution in [1.29, 1.82) is 0 Å². The van der Waals surface area contributed by atoms with E-state index in [9.17, 15) is 9.18 Å². The van der Waals surface area contributed by atoms with Gasteiger partial charge >= 0.3 is 0 Å². The van der Waals surface area contributed by atoms with Crippen LogP contribution < -0.4 is 10.1 Å². The van der Waals surface area contributed by atoms with Crippen LogP contribution >= 0.6 is 11.3 Å². The number of nitrogens with one attached hydrogen (secondary N) is 1. The van der Waals surface area contributed by atoms with Crippen LogP contribution in [-0.4, -0.2) is 37.0 Å². The second-order valence-electron chi connectivity index (χ2n) is 6.71. The van der Waals surface area contributed by atoms with Gasteiger partial charge in [0.05, 0.1) is 13.5 Å². The van der Waals surface area contributed by atoms with Crippen LogP contribution in [0.15, 0.2) is 35.7 Å². The summed E-state index contributed by atoms with van der Waals surface area (Å²) in [6, 6.07) is 9.05. The molecule has 1 aliphatic rings. The Morgan fingerprint density at radius 2 is 2.27 bits per heavy atom. The highest BCUT2D eigenvalue weighted by Crippen LogP contribution is 2.20. The van der Waals surface area contributed by atoms with Crippen molar-refractivity contribution < 1.29 is 13.9 Å². The van der Waals surface area contributed by atoms with E-state index in [1.165, 1.54) is 13.2 Å². The lowest BCUT2D eigenvalue weighted by atomic mass is 10.1. The molecule has 1 aromatic carbocycles. The molecule has 4 nitrogen and oxygen atoms in total. The van der Waals surface area contributed by atoms with E-state index in [1.807, 2.05) is 17.5 Å². The molecule has 0 spiro atoms. The van der Waals surface area contributed by atoms with Gasteiger partial charge in [-0.1, -0.05) is 18.6 Å². The topological polar surface area (TPSA) is 41.6 Å². The number of thiophene rings is 1. The monoisotopic (exact) mass is 376 g/mol. The Bertz CT molecular complexity index is 721. The molecule has 3 rings (SSSR count). The molecule has 0 bridgehead atoms. The summed E-state index contributed by atoms with van der Waals surface area (Å²) >= 11 is 1.60. The van der Waals surface area contributed by atoms with E-state index in [0.29, 0.717) is 24.3 Å². The van der Waals surface area contributed by atoms with Gasteiger partial charge in [-0.25, -0.2) is 4.39 Å². The van der Waals surface area contributed by atoms with Crippen LogP contribution in [0.5, 0.6) is 5.75 Å². The van der Waals surface area contributed by atoms with Gasteiger partial charge in [0.2, 0.25) is 5.91 Å². The van der Waals surface area contributed by atoms with Gasteiger partial charge in [0.25, 0.3) is 0 Å². The molecule has 140 valence electrons. The highest BCUT2D eigenvalue weighted by Gasteiger charge is 2.21. The number of amides is 1. The number of nitrogens with zero attached hydrogens (tertiary/aromatic N) is 1. The Kier molecular flexibility index (Phi) is 6.63. The predicted octanol–water partition coefficient (Wildman–Crippen LogP) is 3.61. The van der Waals surface area contributed by atoms with E-state index in [0.717, 1.165) is 37.2 Å². The van der Waals surface area contributed by atoms with E-state index < -0.39 is 0 Å². The van der Waals surface area contributed by atoms with Gasteiger partial charge in [-0.3, -0.25) is 9.69 Å². The standard InChI is InChI=1S/C20H25FN2O2S/c1-25-17-8-7-15(19(21)11-17)13-23-9-3-2-5-16(14-23)22-20(24)12-18-6-4-10-26-18/h4,6-8,10-11,16H,2-3,5,9,12-14H2,1H3,(H,22,24)/t16-/m1/s1. The number of methoxy groups -OCH3 is 1. The molecule has 2 heterocycles. The minimum atomic E-state index is -0.244. The summed E-state index contributed by atoms with van der Waals surface area (Å²) in [7, 11) is 1.53. The summed E-state index contributed by atoms with van der Waals surface area (Å²) in [6.45, 7) is 2.22. The highest BCUT2D eigenvalue weighted by atomic mass is 32.1. The van der Waals surface area contributed by atoms with Crippen molar-refractivity contribution in [2.24, 2.45) is 0 Å². The molecule has 26 heavy (non-hydrogen) atoms. The van der Waals surface area contributed by atoms with Gasteiger partial charge in [0.1, 0.15) is 11.6 Å². The third kappa shape index (κ3) is 5.29. The van der Waals surface area contributed by atoms with Crippen molar-refractivity contribution in [2.45, 2.75) is 38.3 Å². The number of benzene rings is 1. The maximum absolute atomic E-state index is 14.2. The Labute approximate surface area is 158 Å². The molecule has 1 aliphatic heterocycles. The lowest BCUT2D eigenvalue weighted by molar-refractivity contribution is -0.121. The largest absolute Gasteiger partial charge is 0.497 e. The zero-order valence-electron chi connectivity index (χ0n) is 15.0. The first-order chi connectivity index (χ1) is 12.6. The molecular formula is C20H25FN2O2S. The summed E-state index contributed by atoms with van der Waals surface area (Å²) in [4.78, 5) is 15.6. The Morgan fingerprint density at radius 3 is 3.00 bits per heavy atom. The van der Waals surface area contributed by atoms with Gasteiger partial charge in [-0.05, 0) is 36.9 Å². The molecule has 0 saturated carbocycles. The highest BCUT2D eigenvalue weighted by molar-refractivity contribution is 7.10. The van der Waals surface area contributed by atoms with Gasteiger partial charge in [0, 0.05) is 35.6 Å². The van der Waals surface area contributed by atoms with Crippen molar-refractivity contribution in [3.05, 3.63) is 52.0 Å². The SMILES string of the molecule is COc1ccc(CN2CCCC[C@@H](NC(=O)Cc3cccs3)C2)c(F)c1. The number of carbonyl (C=O) groups excluding carboxylic acids is 1. The van der Waals surface area contributed by atoms with Crippen LogP contribution in [-0.2, 0) is 17.8 Å². The van der Waals surface area contributed by atoms with Crippen molar-refractivity contribution in [1.82, 2.24) is 10.2 Å². The fourth-order valence-corrected chi connectivity index (χ4v) is 4.06. The number of ether oxygens (including phenoxy) is 1. The average molecular weight is 376 g/mol. The zero-order valence-corrected chi connectivity index (χ0v) is 15.9. The zero-order chi connectivity index (χ0) is 18.4. The predicted molar refractivity (Wildman–Crippen MR) is 102 cm³/mol. The van der Waals surface area contributed by atoms with Crippen LogP contribution in [0.3, 0.4) is 0 Å². The number of rotatable bonds is 6. The van der Waals surface area contributed by atoms with E-state index in [1.54, 1.807) is 23.5 Å². The van der Waals surface area contributed by atoms with Crippen LogP contribution in [0.1, 0.15) is 29.7 Å². The Balaban J connectivity index is 1.57. The Hall–Kier alpha value is -1.92. The van der Waals surface area contributed by atoms with Crippen LogP contribution in [0.25, 0.3) is 0 Å². The molecule has 0 unspecified atom stereocenters. The second kappa shape index (κ2) is 9.14. The third-order valence-corrected chi connectivity index (χ3v) is 5.57. The summed E-state index contributed by atoms with van der Waals surface area (Å²) in [5, 5.41) is 5.14. The summed E-state index contributed by atoms with van der Waals surface area (Å²) < 4.78 is 19.3. The third-order valence-electron chi connectivity index (χ3n) is 4.69. The van der Waals surface area contributed by atoms with Gasteiger partial charge < -0.3 is 10.1 Å². The normalized spacial score (nSPS) is 18.3. The number of hydrogen-bond donors (Lipinski definition) is 1. The lowest BCUT2D eigenvalue weighted by Crippen LogP contribution is -2.43. The van der Waals surface area contributed by atoms with Crippen LogP contribution in [0.2, 0.25) is 0 Å². The lowest BCUT2D eigenvalue weighted by Gasteiger charge is -2.25. The maximum Gasteiger partial charge on any atom is 0.225 e. The maximum atomic E-state index is 14.2. The molecule has 1 N–H and O–H groups in total. The van der Waals surface area contributed by atoms with Crippen molar-refractivity contribution in [3.63, 3.8) is 0 Å². The van der Waals surface area contributed by atoms with Gasteiger partial charge in [0.15, 0.2) is 0 Å². The average Bonchev–Trinajstić information content (AvgIpc) is 3.03. The molecule has 1 saturated heterocycles. The van der Waals surface area contributed by atoms with Gasteiger partial charge in [-0.15, -0.1) is 11.3 Å². The smallest absolute Gasteiger partial charge is 0.225 e. The molecule has 2 aromatic rings. The van der Waals surface area contributed by atoms with Crippen LogP contribution in [0.4, 0.5) is 4.39 Å². The molecule has 6 heteroatoms. The molecular weight excluding hydrogens is 351 g/mol. The van der Waals surface area contributed by atoms with E-state index in [4.69, 9.17) is 4.74 Å². The number of likely N-dealkylation sites (tertiary alicyclic amines) is 1. The minimum absolute atomic E-state index is 0.0647. The summed E-state index contributed by atoms with van der Waals surface area (Å²) in [6.07, 6.45) is 3.54. The first-order valence-corrected chi connectivity index (χ1v) is 9.88. The van der Waals surface area contributed by atoms with E-state index >= 15 is 0 Å². The Morgan fingerprint density at radius 1 is 1.38 bits per heavy atom. The number of hydrogen-bond acceptors (Lipinski definition) is 4. The fraction of sp³-hybridized carbons (Fsp3) is 0.450. The number of carbonyl (C=O) groups is 1. The van der Waals surface area contributed by atoms with E-state index in [-0.39, 0.29) is 17.8 Å². The van der Waals surface area contributed by atoms with E-state index in [2.05, 4.69) is 10.2 Å². The quantitative estimate of drug-likeness (QED) is 0.837. The molecule has 0 aliphatic carbocycles. The van der Waals surface area contributed by atoms with Crippen molar-refractivity contribution >= 4 is 17.2 Å². The number of halogens is 1. The van der Waals surface area contributed by atoms with Crippen LogP contribution in [0, 0.1) is 5.82 Å². The molecule has 1 aromatic heterocycles. The molecule has 1 fully saturated rings. The summed E-state index contributed by atoms with van der Waals surface area (Å²) in [5.41, 5.74) is 0.663. The first kappa shape index (κ1) is 18.9. The fourth-order valence-electron chi connectivity index (χ4n) is 3.36. The second-order valence-corrected chi connectivity index (χ2v) is 7.74. The first-order valence-electron chi connectivity index (χ1n) is 9.00. The van der Waals surface area contributed by atoms with Gasteiger partial charge in [-0.2, -0.15) is 0 Å². The van der Waals surface area contributed by atoms with Crippen molar-refractivity contribution in [2.75, 3.05) is 20.2 Å². The van der Waals surface area contributed by atoms with Crippen molar-refractivity contribution in [3.8, 4) is 5.75 Å². The molecule has 1 amide bonds. The molecule has 0 radical (unpaired) electrons. The summed E-state index contributed by atoms with van der Waals surface area (Å²) in [5.74, 6) is 0.350. The minimum Gasteiger partial charge on any atom is -0.497 e.